The van der Waals surface area contributed by atoms with Crippen LogP contribution >= 0.6 is 0 Å². The van der Waals surface area contributed by atoms with E-state index in [1.165, 1.54) is 12.8 Å². The Hall–Kier alpha value is -3.13. The first kappa shape index (κ1) is 22.7. The SMILES string of the molecule is Cn1c(C2CCCO2)nc2cc(NC(=O)CC3CCCC3)cc(C(=O)NCCc3ccco3)c21. The van der Waals surface area contributed by atoms with E-state index in [0.29, 0.717) is 42.1 Å². The van der Waals surface area contributed by atoms with Crippen LogP contribution in [-0.4, -0.2) is 34.5 Å². The van der Waals surface area contributed by atoms with Crippen molar-refractivity contribution in [3.63, 3.8) is 0 Å². The summed E-state index contributed by atoms with van der Waals surface area (Å²) in [6.07, 6.45) is 9.20. The number of anilines is 1. The van der Waals surface area contributed by atoms with E-state index >= 15 is 0 Å². The van der Waals surface area contributed by atoms with Crippen molar-refractivity contribution in [2.45, 2.75) is 57.5 Å². The van der Waals surface area contributed by atoms with Crippen molar-refractivity contribution in [2.75, 3.05) is 18.5 Å². The lowest BCUT2D eigenvalue weighted by Crippen LogP contribution is -2.26. The minimum Gasteiger partial charge on any atom is -0.469 e. The number of nitrogens with one attached hydrogen (secondary N) is 2. The van der Waals surface area contributed by atoms with Gasteiger partial charge in [0.2, 0.25) is 5.91 Å². The molecule has 2 N–H and O–H groups in total. The molecule has 1 aliphatic carbocycles. The predicted molar refractivity (Wildman–Crippen MR) is 129 cm³/mol. The summed E-state index contributed by atoms with van der Waals surface area (Å²) >= 11 is 0. The van der Waals surface area contributed by atoms with E-state index in [1.807, 2.05) is 29.8 Å². The lowest BCUT2D eigenvalue weighted by atomic mass is 10.0. The van der Waals surface area contributed by atoms with Crippen LogP contribution in [-0.2, 0) is 23.0 Å². The molecule has 1 aliphatic heterocycles. The van der Waals surface area contributed by atoms with E-state index in [-0.39, 0.29) is 17.9 Å². The van der Waals surface area contributed by atoms with Crippen molar-refractivity contribution in [3.05, 3.63) is 47.7 Å². The molecule has 2 amide bonds. The summed E-state index contributed by atoms with van der Waals surface area (Å²) in [5.74, 6) is 1.87. The number of fused-ring (bicyclic) bond motifs is 1. The summed E-state index contributed by atoms with van der Waals surface area (Å²) in [4.78, 5) is 30.8. The number of ether oxygens (including phenoxy) is 1. The van der Waals surface area contributed by atoms with Gasteiger partial charge in [-0.3, -0.25) is 9.59 Å². The number of furan rings is 1. The van der Waals surface area contributed by atoms with Gasteiger partial charge in [-0.25, -0.2) is 4.98 Å². The van der Waals surface area contributed by atoms with Gasteiger partial charge in [0.15, 0.2) is 0 Å². The molecule has 8 heteroatoms. The Morgan fingerprint density at radius 1 is 1.18 bits per heavy atom. The second kappa shape index (κ2) is 10.0. The minimum atomic E-state index is -0.203. The monoisotopic (exact) mass is 464 g/mol. The second-order valence-corrected chi connectivity index (χ2v) is 9.41. The van der Waals surface area contributed by atoms with Crippen molar-refractivity contribution < 1.29 is 18.7 Å². The van der Waals surface area contributed by atoms with E-state index in [4.69, 9.17) is 14.1 Å². The standard InChI is InChI=1S/C26H32N4O4/c1-30-24-20(26(32)27-11-10-19-8-4-12-33-19)15-18(28-23(31)14-17-6-2-3-7-17)16-21(24)29-25(30)22-9-5-13-34-22/h4,8,12,15-17,22H,2-3,5-7,9-11,13-14H2,1H3,(H,27,32)(H,28,31). The highest BCUT2D eigenvalue weighted by molar-refractivity contribution is 6.07. The summed E-state index contributed by atoms with van der Waals surface area (Å²) < 4.78 is 13.2. The van der Waals surface area contributed by atoms with Crippen LogP contribution in [0.2, 0.25) is 0 Å². The molecule has 0 radical (unpaired) electrons. The van der Waals surface area contributed by atoms with Crippen LogP contribution in [0, 0.1) is 5.92 Å². The normalized spacial score (nSPS) is 18.6. The third-order valence-corrected chi connectivity index (χ3v) is 6.94. The molecule has 2 aliphatic rings. The van der Waals surface area contributed by atoms with Crippen molar-refractivity contribution in [2.24, 2.45) is 13.0 Å². The Bertz CT molecular complexity index is 1160. The highest BCUT2D eigenvalue weighted by Gasteiger charge is 2.26. The van der Waals surface area contributed by atoms with E-state index in [2.05, 4.69) is 10.6 Å². The number of carbonyl (C=O) groups excluding carboxylic acids is 2. The summed E-state index contributed by atoms with van der Waals surface area (Å²) in [5, 5.41) is 6.01. The van der Waals surface area contributed by atoms with Crippen LogP contribution in [0.3, 0.4) is 0 Å². The van der Waals surface area contributed by atoms with Gasteiger partial charge in [-0.05, 0) is 55.9 Å². The lowest BCUT2D eigenvalue weighted by Gasteiger charge is -2.13. The van der Waals surface area contributed by atoms with Gasteiger partial charge in [0.05, 0.1) is 22.9 Å². The third-order valence-electron chi connectivity index (χ3n) is 6.94. The number of benzene rings is 1. The van der Waals surface area contributed by atoms with E-state index < -0.39 is 0 Å². The van der Waals surface area contributed by atoms with Crippen LogP contribution in [0.5, 0.6) is 0 Å². The fraction of sp³-hybridized carbons (Fsp3) is 0.500. The topological polar surface area (TPSA) is 98.4 Å². The average Bonchev–Trinajstić information content (AvgIpc) is 3.62. The molecule has 0 spiro atoms. The first-order valence-electron chi connectivity index (χ1n) is 12.3. The minimum absolute atomic E-state index is 0.00860. The number of rotatable bonds is 8. The zero-order valence-corrected chi connectivity index (χ0v) is 19.6. The maximum atomic E-state index is 13.3. The van der Waals surface area contributed by atoms with E-state index in [1.54, 1.807) is 12.3 Å². The first-order chi connectivity index (χ1) is 16.6. The lowest BCUT2D eigenvalue weighted by molar-refractivity contribution is -0.117. The number of hydrogen-bond donors (Lipinski definition) is 2. The van der Waals surface area contributed by atoms with Crippen LogP contribution < -0.4 is 10.6 Å². The summed E-state index contributed by atoms with van der Waals surface area (Å²) in [7, 11) is 1.92. The van der Waals surface area contributed by atoms with Gasteiger partial charge < -0.3 is 24.4 Å². The second-order valence-electron chi connectivity index (χ2n) is 9.41. The number of nitrogens with zero attached hydrogens (tertiary/aromatic N) is 2. The van der Waals surface area contributed by atoms with Gasteiger partial charge >= 0.3 is 0 Å². The fourth-order valence-corrected chi connectivity index (χ4v) is 5.22. The molecule has 1 atom stereocenters. The number of carbonyl (C=O) groups is 2. The van der Waals surface area contributed by atoms with Gasteiger partial charge in [0.25, 0.3) is 5.91 Å². The first-order valence-corrected chi connectivity index (χ1v) is 12.3. The van der Waals surface area contributed by atoms with Crippen LogP contribution in [0.4, 0.5) is 5.69 Å². The Kier molecular flexibility index (Phi) is 6.67. The van der Waals surface area contributed by atoms with E-state index in [0.717, 1.165) is 49.4 Å². The van der Waals surface area contributed by atoms with Crippen molar-refractivity contribution >= 4 is 28.5 Å². The van der Waals surface area contributed by atoms with Gasteiger partial charge in [0, 0.05) is 38.7 Å². The number of imidazole rings is 1. The Balaban J connectivity index is 1.41. The zero-order chi connectivity index (χ0) is 23.5. The van der Waals surface area contributed by atoms with Crippen LogP contribution in [0.15, 0.2) is 34.9 Å². The van der Waals surface area contributed by atoms with Gasteiger partial charge in [-0.15, -0.1) is 0 Å². The molecular weight excluding hydrogens is 432 g/mol. The molecule has 3 heterocycles. The van der Waals surface area contributed by atoms with Gasteiger partial charge in [-0.2, -0.15) is 0 Å². The Labute approximate surface area is 199 Å². The average molecular weight is 465 g/mol. The third kappa shape index (κ3) is 4.87. The summed E-state index contributed by atoms with van der Waals surface area (Å²) in [6.45, 7) is 1.17. The molecule has 2 fully saturated rings. The molecule has 3 aromatic rings. The van der Waals surface area contributed by atoms with Gasteiger partial charge in [0.1, 0.15) is 17.7 Å². The number of hydrogen-bond acceptors (Lipinski definition) is 5. The van der Waals surface area contributed by atoms with Gasteiger partial charge in [-0.1, -0.05) is 12.8 Å². The molecule has 5 rings (SSSR count). The molecule has 1 saturated heterocycles. The van der Waals surface area contributed by atoms with Crippen molar-refractivity contribution in [1.82, 2.24) is 14.9 Å². The molecule has 1 saturated carbocycles. The predicted octanol–water partition coefficient (Wildman–Crippen LogP) is 4.51. The largest absolute Gasteiger partial charge is 0.469 e. The Morgan fingerprint density at radius 2 is 2.03 bits per heavy atom. The summed E-state index contributed by atoms with van der Waals surface area (Å²) in [6, 6.07) is 7.35. The molecule has 2 aromatic heterocycles. The molecule has 180 valence electrons. The van der Waals surface area contributed by atoms with Crippen molar-refractivity contribution in [3.8, 4) is 0 Å². The molecule has 34 heavy (non-hydrogen) atoms. The quantitative estimate of drug-likeness (QED) is 0.511. The maximum absolute atomic E-state index is 13.3. The number of amides is 2. The van der Waals surface area contributed by atoms with E-state index in [9.17, 15) is 9.59 Å². The summed E-state index contributed by atoms with van der Waals surface area (Å²) in [5.41, 5.74) is 2.52. The fourth-order valence-electron chi connectivity index (χ4n) is 5.22. The van der Waals surface area contributed by atoms with Crippen molar-refractivity contribution in [1.29, 1.82) is 0 Å². The molecular formula is C26H32N4O4. The van der Waals surface area contributed by atoms with Crippen LogP contribution in [0.25, 0.3) is 11.0 Å². The molecule has 8 nitrogen and oxygen atoms in total. The highest BCUT2D eigenvalue weighted by Crippen LogP contribution is 2.33. The number of aryl methyl sites for hydroxylation is 1. The molecule has 1 aromatic carbocycles. The number of aromatic nitrogens is 2. The molecule has 1 unspecified atom stereocenters. The Morgan fingerprint density at radius 3 is 2.76 bits per heavy atom. The van der Waals surface area contributed by atoms with Crippen LogP contribution in [0.1, 0.15) is 73.0 Å². The highest BCUT2D eigenvalue weighted by atomic mass is 16.5. The maximum Gasteiger partial charge on any atom is 0.253 e. The molecule has 0 bridgehead atoms. The smallest absolute Gasteiger partial charge is 0.253 e. The zero-order valence-electron chi connectivity index (χ0n) is 19.6.